The molecule has 0 spiro atoms. The zero-order chi connectivity index (χ0) is 21.5. The highest BCUT2D eigenvalue weighted by Crippen LogP contribution is 2.19. The molecule has 2 aromatic rings. The molecule has 1 unspecified atom stereocenters. The number of likely N-dealkylation sites (tertiary alicyclic amines) is 2. The second kappa shape index (κ2) is 10.6. The molecule has 2 amide bonds. The Kier molecular flexibility index (Phi) is 7.36. The monoisotopic (exact) mass is 419 g/mol. The molecule has 5 nitrogen and oxygen atoms in total. The van der Waals surface area contributed by atoms with Gasteiger partial charge in [-0.2, -0.15) is 0 Å². The van der Waals surface area contributed by atoms with Crippen molar-refractivity contribution in [3.8, 4) is 0 Å². The number of nitrogens with one attached hydrogen (secondary N) is 1. The Morgan fingerprint density at radius 1 is 0.806 bits per heavy atom. The number of rotatable bonds is 7. The summed E-state index contributed by atoms with van der Waals surface area (Å²) in [5.41, 5.74) is 3.41. The van der Waals surface area contributed by atoms with Crippen molar-refractivity contribution in [1.29, 1.82) is 0 Å². The van der Waals surface area contributed by atoms with E-state index in [0.717, 1.165) is 30.5 Å². The highest BCUT2D eigenvalue weighted by atomic mass is 16.2. The summed E-state index contributed by atoms with van der Waals surface area (Å²) in [7, 11) is 0. The summed E-state index contributed by atoms with van der Waals surface area (Å²) >= 11 is 0. The van der Waals surface area contributed by atoms with Gasteiger partial charge >= 0.3 is 0 Å². The Bertz CT molecular complexity index is 860. The number of nitrogens with zero attached hydrogens (tertiary/aromatic N) is 2. The zero-order valence-electron chi connectivity index (χ0n) is 18.3. The minimum Gasteiger partial charge on any atom is -0.350 e. The number of piperidine rings is 1. The number of amides is 2. The minimum atomic E-state index is -0.352. The van der Waals surface area contributed by atoms with Gasteiger partial charge in [-0.05, 0) is 55.5 Å². The van der Waals surface area contributed by atoms with Crippen LogP contribution < -0.4 is 5.32 Å². The minimum absolute atomic E-state index is 0.0333. The highest BCUT2D eigenvalue weighted by Gasteiger charge is 2.33. The van der Waals surface area contributed by atoms with Gasteiger partial charge in [0.15, 0.2) is 0 Å². The first-order valence-corrected chi connectivity index (χ1v) is 11.6. The molecule has 0 aliphatic carbocycles. The number of carbonyl (C=O) groups is 2. The number of benzene rings is 2. The van der Waals surface area contributed by atoms with Gasteiger partial charge < -0.3 is 10.2 Å². The maximum Gasteiger partial charge on any atom is 0.243 e. The molecule has 4 rings (SSSR count). The smallest absolute Gasteiger partial charge is 0.243 e. The van der Waals surface area contributed by atoms with Crippen molar-refractivity contribution in [2.75, 3.05) is 19.6 Å². The molecule has 1 N–H and O–H groups in total. The lowest BCUT2D eigenvalue weighted by molar-refractivity contribution is -0.138. The lowest BCUT2D eigenvalue weighted by Crippen LogP contribution is -2.46. The van der Waals surface area contributed by atoms with E-state index in [1.807, 2.05) is 30.3 Å². The number of carbonyl (C=O) groups excluding carboxylic acids is 2. The summed E-state index contributed by atoms with van der Waals surface area (Å²) in [6.07, 6.45) is 5.92. The number of hydrogen-bond acceptors (Lipinski definition) is 3. The number of hydrogen-bond donors (Lipinski definition) is 1. The molecule has 2 saturated heterocycles. The van der Waals surface area contributed by atoms with E-state index in [0.29, 0.717) is 19.5 Å². The van der Waals surface area contributed by atoms with Gasteiger partial charge in [-0.15, -0.1) is 0 Å². The third-order valence-electron chi connectivity index (χ3n) is 6.42. The Morgan fingerprint density at radius 3 is 2.26 bits per heavy atom. The third-order valence-corrected chi connectivity index (χ3v) is 6.42. The fraction of sp³-hybridized carbons (Fsp3) is 0.462. The van der Waals surface area contributed by atoms with E-state index in [-0.39, 0.29) is 17.9 Å². The van der Waals surface area contributed by atoms with Gasteiger partial charge in [0.05, 0.1) is 6.42 Å². The van der Waals surface area contributed by atoms with Gasteiger partial charge in [0.25, 0.3) is 0 Å². The third kappa shape index (κ3) is 5.95. The second-order valence-corrected chi connectivity index (χ2v) is 8.78. The Labute approximate surface area is 185 Å². The fourth-order valence-electron chi connectivity index (χ4n) is 4.66. The van der Waals surface area contributed by atoms with Crippen LogP contribution in [-0.2, 0) is 29.1 Å². The van der Waals surface area contributed by atoms with E-state index < -0.39 is 0 Å². The Morgan fingerprint density at radius 2 is 1.52 bits per heavy atom. The molecule has 2 aromatic carbocycles. The van der Waals surface area contributed by atoms with Gasteiger partial charge in [-0.3, -0.25) is 14.5 Å². The van der Waals surface area contributed by atoms with E-state index >= 15 is 0 Å². The quantitative estimate of drug-likeness (QED) is 0.747. The van der Waals surface area contributed by atoms with Crippen molar-refractivity contribution >= 4 is 11.8 Å². The Hall–Kier alpha value is -2.66. The van der Waals surface area contributed by atoms with Crippen molar-refractivity contribution in [2.45, 2.75) is 57.7 Å². The summed E-state index contributed by atoms with van der Waals surface area (Å²) < 4.78 is 0. The average molecular weight is 420 g/mol. The van der Waals surface area contributed by atoms with Crippen LogP contribution >= 0.6 is 0 Å². The molecule has 0 bridgehead atoms. The van der Waals surface area contributed by atoms with Crippen molar-refractivity contribution in [2.24, 2.45) is 0 Å². The normalized spacial score (nSPS) is 19.4. The molecule has 0 saturated carbocycles. The summed E-state index contributed by atoms with van der Waals surface area (Å²) in [4.78, 5) is 29.8. The van der Waals surface area contributed by atoms with Gasteiger partial charge in [-0.25, -0.2) is 0 Å². The molecule has 5 heteroatoms. The van der Waals surface area contributed by atoms with Gasteiger partial charge in [-0.1, -0.05) is 61.0 Å². The van der Waals surface area contributed by atoms with E-state index in [1.165, 1.54) is 37.9 Å². The van der Waals surface area contributed by atoms with Crippen LogP contribution in [0, 0.1) is 0 Å². The first-order valence-electron chi connectivity index (χ1n) is 11.6. The lowest BCUT2D eigenvalue weighted by Gasteiger charge is -2.26. The largest absolute Gasteiger partial charge is 0.350 e. The van der Waals surface area contributed by atoms with Crippen LogP contribution in [0.3, 0.4) is 0 Å². The van der Waals surface area contributed by atoms with Crippen molar-refractivity contribution in [3.63, 3.8) is 0 Å². The SMILES string of the molecule is O=C(NCc1ccc(CN2CCCCC2)cc1)C1CCCN1C(=O)Cc1ccccc1. The van der Waals surface area contributed by atoms with Crippen LogP contribution in [0.25, 0.3) is 0 Å². The summed E-state index contributed by atoms with van der Waals surface area (Å²) in [5.74, 6) is -0.0118. The zero-order valence-corrected chi connectivity index (χ0v) is 18.3. The summed E-state index contributed by atoms with van der Waals surface area (Å²) in [6, 6.07) is 17.9. The molecule has 0 radical (unpaired) electrons. The van der Waals surface area contributed by atoms with E-state index in [2.05, 4.69) is 34.5 Å². The summed E-state index contributed by atoms with van der Waals surface area (Å²) in [6.45, 7) is 4.56. The highest BCUT2D eigenvalue weighted by molar-refractivity contribution is 5.89. The van der Waals surface area contributed by atoms with Crippen LogP contribution in [0.2, 0.25) is 0 Å². The fourth-order valence-corrected chi connectivity index (χ4v) is 4.66. The predicted molar refractivity (Wildman–Crippen MR) is 122 cm³/mol. The van der Waals surface area contributed by atoms with Crippen molar-refractivity contribution in [1.82, 2.24) is 15.1 Å². The Balaban J connectivity index is 1.27. The molecule has 0 aromatic heterocycles. The van der Waals surface area contributed by atoms with Crippen molar-refractivity contribution < 1.29 is 9.59 Å². The standard InChI is InChI=1S/C26H33N3O2/c30-25(18-21-8-3-1-4-9-21)29-17-7-10-24(29)26(31)27-19-22-11-13-23(14-12-22)20-28-15-5-2-6-16-28/h1,3-4,8-9,11-14,24H,2,5-7,10,15-20H2,(H,27,31). The van der Waals surface area contributed by atoms with Gasteiger partial charge in [0.2, 0.25) is 11.8 Å². The van der Waals surface area contributed by atoms with Crippen molar-refractivity contribution in [3.05, 3.63) is 71.3 Å². The molecule has 2 heterocycles. The predicted octanol–water partition coefficient (Wildman–Crippen LogP) is 3.52. The topological polar surface area (TPSA) is 52.7 Å². The molecule has 164 valence electrons. The average Bonchev–Trinajstić information content (AvgIpc) is 3.30. The second-order valence-electron chi connectivity index (χ2n) is 8.78. The van der Waals surface area contributed by atoms with Gasteiger partial charge in [0, 0.05) is 19.6 Å². The van der Waals surface area contributed by atoms with Crippen LogP contribution in [0.1, 0.15) is 48.8 Å². The molecular formula is C26H33N3O2. The molecule has 1 atom stereocenters. The van der Waals surface area contributed by atoms with Crippen LogP contribution in [0.4, 0.5) is 0 Å². The molecular weight excluding hydrogens is 386 g/mol. The van der Waals surface area contributed by atoms with Crippen LogP contribution in [-0.4, -0.2) is 47.3 Å². The summed E-state index contributed by atoms with van der Waals surface area (Å²) in [5, 5.41) is 3.05. The van der Waals surface area contributed by atoms with Crippen LogP contribution in [0.5, 0.6) is 0 Å². The lowest BCUT2D eigenvalue weighted by atomic mass is 10.1. The van der Waals surface area contributed by atoms with Gasteiger partial charge in [0.1, 0.15) is 6.04 Å². The van der Waals surface area contributed by atoms with E-state index in [9.17, 15) is 9.59 Å². The maximum absolute atomic E-state index is 12.8. The molecule has 31 heavy (non-hydrogen) atoms. The molecule has 2 aliphatic rings. The first-order chi connectivity index (χ1) is 15.2. The van der Waals surface area contributed by atoms with Crippen LogP contribution in [0.15, 0.2) is 54.6 Å². The van der Waals surface area contributed by atoms with E-state index in [4.69, 9.17) is 0 Å². The molecule has 2 fully saturated rings. The first kappa shape index (κ1) is 21.6. The maximum atomic E-state index is 12.8. The van der Waals surface area contributed by atoms with E-state index in [1.54, 1.807) is 4.90 Å². The molecule has 2 aliphatic heterocycles.